The fourth-order valence-electron chi connectivity index (χ4n) is 0.923. The predicted molar refractivity (Wildman–Crippen MR) is 53.3 cm³/mol. The third kappa shape index (κ3) is 4.43. The molecule has 0 aliphatic carbocycles. The Morgan fingerprint density at radius 2 is 2.25 bits per heavy atom. The molecule has 2 rings (SSSR count). The number of nitrogens with two attached hydrogens (primary N) is 1. The van der Waals surface area contributed by atoms with E-state index in [-0.39, 0.29) is 36.0 Å². The van der Waals surface area contributed by atoms with Gasteiger partial charge in [0.1, 0.15) is 0 Å². The van der Waals surface area contributed by atoms with Gasteiger partial charge in [-0.15, -0.1) is 6.20 Å². The summed E-state index contributed by atoms with van der Waals surface area (Å²) in [6.07, 6.45) is 5.09. The molecule has 2 aromatic heterocycles. The van der Waals surface area contributed by atoms with Crippen molar-refractivity contribution in [2.24, 2.45) is 0 Å². The Morgan fingerprint density at radius 3 is 2.69 bits per heavy atom. The van der Waals surface area contributed by atoms with E-state index in [1.54, 1.807) is 23.3 Å². The number of rotatable bonds is 1. The molecule has 0 atom stereocenters. The molecular formula is C9H9N4NaO2. The van der Waals surface area contributed by atoms with E-state index in [4.69, 9.17) is 15.6 Å². The molecule has 6 nitrogen and oxygen atoms in total. The van der Waals surface area contributed by atoms with Crippen LogP contribution in [0.15, 0.2) is 30.7 Å². The van der Waals surface area contributed by atoms with E-state index in [9.17, 15) is 0 Å². The van der Waals surface area contributed by atoms with Gasteiger partial charge in [-0.25, -0.2) is 0 Å². The Kier molecular flexibility index (Phi) is 7.19. The first-order valence-corrected chi connectivity index (χ1v) is 3.99. The summed E-state index contributed by atoms with van der Waals surface area (Å²) in [6.45, 7) is -0.250. The molecule has 0 radical (unpaired) electrons. The van der Waals surface area contributed by atoms with E-state index in [2.05, 4.69) is 16.1 Å². The molecule has 16 heavy (non-hydrogen) atoms. The van der Waals surface area contributed by atoms with Crippen LogP contribution >= 0.6 is 0 Å². The van der Waals surface area contributed by atoms with Crippen molar-refractivity contribution in [2.75, 3.05) is 5.73 Å². The molecule has 0 amide bonds. The number of nitrogens with zero attached hydrogens (tertiary/aromatic N) is 3. The van der Waals surface area contributed by atoms with Crippen LogP contribution in [0.2, 0.25) is 0 Å². The van der Waals surface area contributed by atoms with Crippen molar-refractivity contribution in [1.29, 1.82) is 0 Å². The molecule has 0 saturated carbocycles. The number of pyridine rings is 1. The third-order valence-corrected chi connectivity index (χ3v) is 1.46. The molecule has 0 unspecified atom stereocenters. The van der Waals surface area contributed by atoms with Crippen molar-refractivity contribution in [2.45, 2.75) is 0 Å². The summed E-state index contributed by atoms with van der Waals surface area (Å²) in [5.74, 6) is 0.388. The molecule has 0 bridgehead atoms. The molecule has 0 spiro atoms. The van der Waals surface area contributed by atoms with Gasteiger partial charge < -0.3 is 16.9 Å². The summed E-state index contributed by atoms with van der Waals surface area (Å²) in [5, 5.41) is 10.9. The second-order valence-electron chi connectivity index (χ2n) is 2.42. The number of hydrogen-bond donors (Lipinski definition) is 2. The van der Waals surface area contributed by atoms with Gasteiger partial charge in [-0.3, -0.25) is 14.5 Å². The Morgan fingerprint density at radius 1 is 1.56 bits per heavy atom. The van der Waals surface area contributed by atoms with Gasteiger partial charge in [-0.1, -0.05) is 0 Å². The first-order valence-electron chi connectivity index (χ1n) is 3.99. The van der Waals surface area contributed by atoms with Gasteiger partial charge in [0.05, 0.1) is 11.9 Å². The molecule has 2 heterocycles. The van der Waals surface area contributed by atoms with Gasteiger partial charge in [0.15, 0.2) is 0 Å². The van der Waals surface area contributed by atoms with E-state index >= 15 is 0 Å². The number of nitrogen functional groups attached to an aromatic ring is 1. The molecular weight excluding hydrogens is 219 g/mol. The molecule has 0 fully saturated rings. The normalized spacial score (nSPS) is 8.25. The average molecular weight is 228 g/mol. The van der Waals surface area contributed by atoms with Crippen LogP contribution in [0, 0.1) is 6.07 Å². The maximum atomic E-state index is 8.36. The molecule has 0 saturated heterocycles. The molecule has 7 heteroatoms. The van der Waals surface area contributed by atoms with Gasteiger partial charge in [0, 0.05) is 6.20 Å². The van der Waals surface area contributed by atoms with Crippen molar-refractivity contribution in [3.05, 3.63) is 36.8 Å². The van der Waals surface area contributed by atoms with E-state index in [0.29, 0.717) is 5.82 Å². The van der Waals surface area contributed by atoms with E-state index in [0.717, 1.165) is 5.69 Å². The zero-order valence-electron chi connectivity index (χ0n) is 8.74. The number of carbonyl (C=O) groups is 1. The van der Waals surface area contributed by atoms with Crippen LogP contribution in [0.3, 0.4) is 0 Å². The van der Waals surface area contributed by atoms with E-state index < -0.39 is 0 Å². The second kappa shape index (κ2) is 7.86. The Labute approximate surface area is 114 Å². The number of carboxylic acid groups (broad SMARTS) is 1. The Hall–Kier alpha value is -1.37. The van der Waals surface area contributed by atoms with Crippen molar-refractivity contribution in [3.63, 3.8) is 0 Å². The molecule has 3 N–H and O–H groups in total. The quantitative estimate of drug-likeness (QED) is 0.316. The Bertz CT molecular complexity index is 418. The number of hydrogen-bond acceptors (Lipinski definition) is 4. The van der Waals surface area contributed by atoms with Crippen LogP contribution in [0.4, 0.5) is 5.82 Å². The summed E-state index contributed by atoms with van der Waals surface area (Å²) < 4.78 is 1.63. The van der Waals surface area contributed by atoms with Crippen molar-refractivity contribution >= 4 is 12.3 Å². The summed E-state index contributed by atoms with van der Waals surface area (Å²) in [7, 11) is 0. The summed E-state index contributed by atoms with van der Waals surface area (Å²) in [5.41, 5.74) is 6.29. The monoisotopic (exact) mass is 228 g/mol. The SMILES string of the molecule is Nc1[c-]cn(-c2cccnc2)n1.O=CO.[Na+]. The molecule has 78 valence electrons. The van der Waals surface area contributed by atoms with Gasteiger partial charge in [-0.05, 0) is 18.0 Å². The van der Waals surface area contributed by atoms with E-state index in [1.807, 2.05) is 12.1 Å². The Balaban J connectivity index is 0.000000511. The van der Waals surface area contributed by atoms with Crippen molar-refractivity contribution in [1.82, 2.24) is 14.8 Å². The van der Waals surface area contributed by atoms with Gasteiger partial charge in [0.25, 0.3) is 6.47 Å². The van der Waals surface area contributed by atoms with E-state index in [1.165, 1.54) is 0 Å². The standard InChI is InChI=1S/C8H7N4.CH2O2.Na/c9-8-3-5-12(11-8)7-2-1-4-10-6-7;2-1-3;/h1-2,4-6H,(H2,9,11);1H,(H,2,3);/q-1;;+1. The van der Waals surface area contributed by atoms with Gasteiger partial charge in [0.2, 0.25) is 0 Å². The van der Waals surface area contributed by atoms with Crippen LogP contribution in [0.5, 0.6) is 0 Å². The third-order valence-electron chi connectivity index (χ3n) is 1.46. The van der Waals surface area contributed by atoms with Crippen LogP contribution in [0.25, 0.3) is 5.69 Å². The molecule has 2 aromatic rings. The van der Waals surface area contributed by atoms with Crippen LogP contribution in [-0.4, -0.2) is 26.3 Å². The van der Waals surface area contributed by atoms with Crippen molar-refractivity contribution in [3.8, 4) is 5.69 Å². The second-order valence-corrected chi connectivity index (χ2v) is 2.42. The summed E-state index contributed by atoms with van der Waals surface area (Å²) >= 11 is 0. The van der Waals surface area contributed by atoms with Crippen LogP contribution in [-0.2, 0) is 4.79 Å². The van der Waals surface area contributed by atoms with Gasteiger partial charge >= 0.3 is 29.6 Å². The minimum Gasteiger partial charge on any atom is -0.483 e. The van der Waals surface area contributed by atoms with Crippen LogP contribution < -0.4 is 35.3 Å². The zero-order valence-corrected chi connectivity index (χ0v) is 10.7. The number of aromatic nitrogens is 3. The molecule has 0 aromatic carbocycles. The minimum absolute atomic E-state index is 0. The van der Waals surface area contributed by atoms with Crippen molar-refractivity contribution < 1.29 is 39.5 Å². The first kappa shape index (κ1) is 14.6. The average Bonchev–Trinajstić information content (AvgIpc) is 2.67. The maximum Gasteiger partial charge on any atom is 1.00 e. The maximum absolute atomic E-state index is 8.36. The summed E-state index contributed by atoms with van der Waals surface area (Å²) in [6, 6.07) is 6.51. The fourth-order valence-corrected chi connectivity index (χ4v) is 0.923. The van der Waals surface area contributed by atoms with Crippen LogP contribution in [0.1, 0.15) is 0 Å². The molecule has 0 aliphatic rings. The van der Waals surface area contributed by atoms with Gasteiger partial charge in [-0.2, -0.15) is 5.10 Å². The largest absolute Gasteiger partial charge is 1.00 e. The minimum atomic E-state index is -0.250. The smallest absolute Gasteiger partial charge is 0.483 e. The summed E-state index contributed by atoms with van der Waals surface area (Å²) in [4.78, 5) is 12.3. The topological polar surface area (TPSA) is 94.0 Å². The zero-order chi connectivity index (χ0) is 11.1. The number of anilines is 1. The fraction of sp³-hybridized carbons (Fsp3) is 0. The predicted octanol–water partition coefficient (Wildman–Crippen LogP) is -2.65. The first-order chi connectivity index (χ1) is 7.27. The molecule has 0 aliphatic heterocycles.